The van der Waals surface area contributed by atoms with E-state index in [1.807, 2.05) is 0 Å². The lowest BCUT2D eigenvalue weighted by atomic mass is 10.2. The number of carbonyl (C=O) groups is 1. The van der Waals surface area contributed by atoms with Gasteiger partial charge in [-0.2, -0.15) is 0 Å². The zero-order valence-corrected chi connectivity index (χ0v) is 9.44. The first-order chi connectivity index (χ1) is 6.09. The lowest BCUT2D eigenvalue weighted by molar-refractivity contribution is -0.131. The van der Waals surface area contributed by atoms with Gasteiger partial charge in [0.2, 0.25) is 0 Å². The number of aliphatic carboxylic acids is 1. The molecular formula is C10H13BrO2. The van der Waals surface area contributed by atoms with Crippen molar-refractivity contribution in [1.82, 2.24) is 0 Å². The first-order valence-electron chi connectivity index (χ1n) is 4.18. The molecule has 0 amide bonds. The average molecular weight is 245 g/mol. The Hall–Kier alpha value is -0.750. The Balaban J connectivity index is 4.24. The second-order valence-electron chi connectivity index (χ2n) is 2.65. The molecule has 0 aromatic rings. The zero-order chi connectivity index (χ0) is 10.3. The van der Waals surface area contributed by atoms with Crippen LogP contribution in [0.4, 0.5) is 0 Å². The van der Waals surface area contributed by atoms with Crippen LogP contribution in [0.2, 0.25) is 0 Å². The third kappa shape index (κ3) is 5.48. The minimum absolute atomic E-state index is 0.150. The summed E-state index contributed by atoms with van der Waals surface area (Å²) in [5, 5.41) is 8.58. The Kier molecular flexibility index (Phi) is 6.34. The highest BCUT2D eigenvalue weighted by molar-refractivity contribution is 9.12. The maximum absolute atomic E-state index is 10.5. The third-order valence-electron chi connectivity index (χ3n) is 1.45. The van der Waals surface area contributed by atoms with Gasteiger partial charge in [0.05, 0.1) is 0 Å². The van der Waals surface area contributed by atoms with Crippen molar-refractivity contribution in [3.63, 3.8) is 0 Å². The highest BCUT2D eigenvalue weighted by Crippen LogP contribution is 2.10. The van der Waals surface area contributed by atoms with Crippen LogP contribution < -0.4 is 0 Å². The Morgan fingerprint density at radius 3 is 2.62 bits per heavy atom. The lowest BCUT2D eigenvalue weighted by Crippen LogP contribution is -1.95. The second kappa shape index (κ2) is 6.73. The molecule has 0 aromatic carbocycles. The van der Waals surface area contributed by atoms with Crippen molar-refractivity contribution in [1.29, 1.82) is 0 Å². The van der Waals surface area contributed by atoms with E-state index in [2.05, 4.69) is 34.7 Å². The van der Waals surface area contributed by atoms with Crippen molar-refractivity contribution in [3.05, 3.63) is 10.1 Å². The molecule has 0 aliphatic carbocycles. The van der Waals surface area contributed by atoms with E-state index in [1.165, 1.54) is 0 Å². The Morgan fingerprint density at radius 1 is 1.54 bits per heavy atom. The average Bonchev–Trinajstić information content (AvgIpc) is 2.10. The highest BCUT2D eigenvalue weighted by atomic mass is 79.9. The van der Waals surface area contributed by atoms with Gasteiger partial charge in [-0.15, -0.1) is 0 Å². The maximum Gasteiger partial charge on any atom is 0.343 e. The van der Waals surface area contributed by atoms with E-state index in [0.717, 1.165) is 19.3 Å². The second-order valence-corrected chi connectivity index (χ2v) is 3.44. The molecule has 0 heterocycles. The summed E-state index contributed by atoms with van der Waals surface area (Å²) < 4.78 is 0.150. The predicted molar refractivity (Wildman–Crippen MR) is 56.6 cm³/mol. The Morgan fingerprint density at radius 2 is 2.15 bits per heavy atom. The summed E-state index contributed by atoms with van der Waals surface area (Å²) in [5.74, 6) is 4.75. The maximum atomic E-state index is 10.5. The van der Waals surface area contributed by atoms with Gasteiger partial charge >= 0.3 is 5.97 Å². The molecule has 0 saturated heterocycles. The number of hydrogen-bond acceptors (Lipinski definition) is 1. The van der Waals surface area contributed by atoms with Crippen LogP contribution in [0.3, 0.4) is 0 Å². The summed E-state index contributed by atoms with van der Waals surface area (Å²) in [4.78, 5) is 10.5. The lowest BCUT2D eigenvalue weighted by Gasteiger charge is -1.91. The summed E-state index contributed by atoms with van der Waals surface area (Å²) in [6.45, 7) is 3.79. The topological polar surface area (TPSA) is 37.3 Å². The molecule has 1 N–H and O–H groups in total. The smallest absolute Gasteiger partial charge is 0.343 e. The third-order valence-corrected chi connectivity index (χ3v) is 2.38. The number of allylic oxidation sites excluding steroid dienone is 1. The summed E-state index contributed by atoms with van der Waals surface area (Å²) in [6.07, 6.45) is 3.00. The van der Waals surface area contributed by atoms with Crippen LogP contribution in [0.5, 0.6) is 0 Å². The predicted octanol–water partition coefficient (Wildman–Crippen LogP) is 2.93. The van der Waals surface area contributed by atoms with E-state index in [-0.39, 0.29) is 4.48 Å². The van der Waals surface area contributed by atoms with Crippen molar-refractivity contribution < 1.29 is 9.90 Å². The number of rotatable bonds is 3. The van der Waals surface area contributed by atoms with Gasteiger partial charge < -0.3 is 5.11 Å². The summed E-state index contributed by atoms with van der Waals surface area (Å²) in [5.41, 5.74) is 0.573. The van der Waals surface area contributed by atoms with Crippen LogP contribution in [0.25, 0.3) is 0 Å². The van der Waals surface area contributed by atoms with E-state index in [4.69, 9.17) is 5.11 Å². The van der Waals surface area contributed by atoms with Gasteiger partial charge in [0, 0.05) is 12.0 Å². The first kappa shape index (κ1) is 12.2. The van der Waals surface area contributed by atoms with Crippen molar-refractivity contribution in [2.75, 3.05) is 0 Å². The number of unbranched alkanes of at least 4 members (excludes halogenated alkanes) is 2. The molecule has 0 unspecified atom stereocenters. The van der Waals surface area contributed by atoms with Crippen LogP contribution in [0, 0.1) is 11.8 Å². The van der Waals surface area contributed by atoms with Gasteiger partial charge in [-0.25, -0.2) is 4.79 Å². The van der Waals surface area contributed by atoms with E-state index in [0.29, 0.717) is 5.57 Å². The van der Waals surface area contributed by atoms with Crippen LogP contribution in [0.1, 0.15) is 33.1 Å². The highest BCUT2D eigenvalue weighted by Gasteiger charge is 2.04. The monoisotopic (exact) mass is 244 g/mol. The molecule has 0 spiro atoms. The Bertz CT molecular complexity index is 268. The molecule has 0 radical (unpaired) electrons. The van der Waals surface area contributed by atoms with Crippen LogP contribution in [0.15, 0.2) is 10.1 Å². The number of hydrogen-bond donors (Lipinski definition) is 1. The molecule has 13 heavy (non-hydrogen) atoms. The van der Waals surface area contributed by atoms with Gasteiger partial charge in [-0.1, -0.05) is 25.2 Å². The fourth-order valence-electron chi connectivity index (χ4n) is 0.676. The summed E-state index contributed by atoms with van der Waals surface area (Å²) >= 11 is 2.95. The van der Waals surface area contributed by atoms with Crippen LogP contribution in [-0.2, 0) is 4.79 Å². The van der Waals surface area contributed by atoms with E-state index >= 15 is 0 Å². The molecular weight excluding hydrogens is 232 g/mol. The fourth-order valence-corrected chi connectivity index (χ4v) is 0.775. The molecule has 0 fully saturated rings. The van der Waals surface area contributed by atoms with Gasteiger partial charge in [0.15, 0.2) is 0 Å². The quantitative estimate of drug-likeness (QED) is 0.471. The van der Waals surface area contributed by atoms with E-state index in [1.54, 1.807) is 6.92 Å². The van der Waals surface area contributed by atoms with Gasteiger partial charge in [-0.05, 0) is 29.3 Å². The molecule has 0 aromatic heterocycles. The Labute approximate surface area is 87.2 Å². The molecule has 0 bridgehead atoms. The standard InChI is InChI=1S/C10H13BrO2/c1-3-4-5-6-7-8(2)9(11)10(12)13/h3-5H2,1-2H3,(H,12,13)/b9-8+. The fraction of sp³-hybridized carbons (Fsp3) is 0.500. The molecule has 0 saturated carbocycles. The van der Waals surface area contributed by atoms with Gasteiger partial charge in [0.25, 0.3) is 0 Å². The first-order valence-corrected chi connectivity index (χ1v) is 4.97. The van der Waals surface area contributed by atoms with Crippen LogP contribution in [-0.4, -0.2) is 11.1 Å². The number of carboxylic acids is 1. The number of carboxylic acid groups (broad SMARTS) is 1. The molecule has 2 nitrogen and oxygen atoms in total. The molecule has 0 aliphatic heterocycles. The molecule has 0 aliphatic rings. The van der Waals surface area contributed by atoms with Gasteiger partial charge in [0.1, 0.15) is 4.48 Å². The van der Waals surface area contributed by atoms with Crippen molar-refractivity contribution >= 4 is 21.9 Å². The van der Waals surface area contributed by atoms with Gasteiger partial charge in [-0.3, -0.25) is 0 Å². The zero-order valence-electron chi connectivity index (χ0n) is 7.85. The molecule has 3 heteroatoms. The van der Waals surface area contributed by atoms with E-state index < -0.39 is 5.97 Å². The molecule has 72 valence electrons. The van der Waals surface area contributed by atoms with Crippen molar-refractivity contribution in [2.45, 2.75) is 33.1 Å². The van der Waals surface area contributed by atoms with Crippen LogP contribution >= 0.6 is 15.9 Å². The van der Waals surface area contributed by atoms with Crippen molar-refractivity contribution in [2.24, 2.45) is 0 Å². The SMILES string of the molecule is CCCCC#C/C(C)=C(/Br)C(=O)O. The number of halogens is 1. The van der Waals surface area contributed by atoms with Crippen molar-refractivity contribution in [3.8, 4) is 11.8 Å². The summed E-state index contributed by atoms with van der Waals surface area (Å²) in [7, 11) is 0. The summed E-state index contributed by atoms with van der Waals surface area (Å²) in [6, 6.07) is 0. The minimum atomic E-state index is -0.970. The van der Waals surface area contributed by atoms with E-state index in [9.17, 15) is 4.79 Å². The molecule has 0 atom stereocenters. The normalized spacial score (nSPS) is 11.3. The molecule has 0 rings (SSSR count). The minimum Gasteiger partial charge on any atom is -0.477 e. The largest absolute Gasteiger partial charge is 0.477 e.